The van der Waals surface area contributed by atoms with Gasteiger partial charge in [0.15, 0.2) is 0 Å². The normalized spacial score (nSPS) is 17.2. The van der Waals surface area contributed by atoms with Crippen LogP contribution >= 0.6 is 0 Å². The number of hydrogen-bond acceptors (Lipinski definition) is 4. The van der Waals surface area contributed by atoms with Crippen LogP contribution in [0, 0.1) is 0 Å². The van der Waals surface area contributed by atoms with E-state index in [2.05, 4.69) is 159 Å². The van der Waals surface area contributed by atoms with E-state index in [1.807, 2.05) is 24.3 Å². The predicted octanol–water partition coefficient (Wildman–Crippen LogP) is 9.29. The molecule has 0 unspecified atom stereocenters. The van der Waals surface area contributed by atoms with E-state index in [1.165, 1.54) is 64.4 Å². The highest BCUT2D eigenvalue weighted by Gasteiger charge is 2.39. The molecule has 8 bridgehead atoms. The number of methoxy groups -OCH3 is 2. The van der Waals surface area contributed by atoms with Gasteiger partial charge in [-0.15, -0.1) is 0 Å². The van der Waals surface area contributed by atoms with E-state index in [9.17, 15) is 0 Å². The molecule has 56 heavy (non-hydrogen) atoms. The first-order chi connectivity index (χ1) is 26.6. The lowest BCUT2D eigenvalue weighted by Gasteiger charge is -2.35. The Bertz CT molecular complexity index is 2500. The van der Waals surface area contributed by atoms with Crippen molar-refractivity contribution in [3.63, 3.8) is 0 Å². The molecule has 6 nitrogen and oxygen atoms in total. The van der Waals surface area contributed by atoms with Gasteiger partial charge in [0.1, 0.15) is 11.5 Å². The molecule has 10 heteroatoms. The van der Waals surface area contributed by atoms with Gasteiger partial charge >= 0.3 is 0 Å². The predicted molar refractivity (Wildman–Crippen MR) is 245 cm³/mol. The van der Waals surface area contributed by atoms with Gasteiger partial charge in [0.05, 0.1) is 36.3 Å². The highest BCUT2D eigenvalue weighted by atomic mass is 28.4. The van der Waals surface area contributed by atoms with Gasteiger partial charge in [-0.2, -0.15) is 0 Å². The lowest BCUT2D eigenvalue weighted by Crippen LogP contribution is -2.57. The molecular weight excluding hydrogens is 757 g/mol. The van der Waals surface area contributed by atoms with Gasteiger partial charge in [-0.1, -0.05) is 48.5 Å². The zero-order valence-electron chi connectivity index (χ0n) is 34.1. The van der Waals surface area contributed by atoms with Crippen LogP contribution in [0.15, 0.2) is 121 Å². The second-order valence-corrected chi connectivity index (χ2v) is 33.3. The molecule has 0 amide bonds. The first kappa shape index (κ1) is 36.9. The molecule has 0 radical (unpaired) electrons. The molecule has 1 aliphatic heterocycles. The average Bonchev–Trinajstić information content (AvgIpc) is 3.68. The fourth-order valence-corrected chi connectivity index (χ4v) is 25.1. The lowest BCUT2D eigenvalue weighted by atomic mass is 10.1. The van der Waals surface area contributed by atoms with Crippen LogP contribution in [0.3, 0.4) is 0 Å². The first-order valence-corrected chi connectivity index (χ1v) is 31.1. The van der Waals surface area contributed by atoms with Crippen molar-refractivity contribution in [3.05, 3.63) is 121 Å². The van der Waals surface area contributed by atoms with E-state index in [0.717, 1.165) is 22.9 Å². The number of rotatable bonds is 4. The van der Waals surface area contributed by atoms with Crippen LogP contribution < -0.4 is 30.2 Å². The summed E-state index contributed by atoms with van der Waals surface area (Å²) >= 11 is 0. The summed E-state index contributed by atoms with van der Waals surface area (Å²) in [6.07, 6.45) is 0. The summed E-state index contributed by atoms with van der Waals surface area (Å²) in [4.78, 5) is 0. The van der Waals surface area contributed by atoms with Crippen LogP contribution in [0.25, 0.3) is 55.0 Å². The first-order valence-electron chi connectivity index (χ1n) is 19.5. The Labute approximate surface area is 333 Å². The van der Waals surface area contributed by atoms with Gasteiger partial charge in [-0.3, -0.25) is 0 Å². The molecule has 0 saturated heterocycles. The quantitative estimate of drug-likeness (QED) is 0.167. The van der Waals surface area contributed by atoms with Crippen LogP contribution in [0.4, 0.5) is 0 Å². The largest absolute Gasteiger partial charge is 0.497 e. The average molecular weight is 807 g/mol. The van der Waals surface area contributed by atoms with Crippen LogP contribution in [0.5, 0.6) is 11.5 Å². The number of benzene rings is 6. The van der Waals surface area contributed by atoms with Crippen molar-refractivity contribution < 1.29 is 17.7 Å². The van der Waals surface area contributed by atoms with Gasteiger partial charge < -0.3 is 26.8 Å². The summed E-state index contributed by atoms with van der Waals surface area (Å²) in [5.74, 6) is 1.70. The summed E-state index contributed by atoms with van der Waals surface area (Å²) < 4.78 is 30.9. The van der Waals surface area contributed by atoms with Gasteiger partial charge in [0.25, 0.3) is 0 Å². The molecule has 0 N–H and O–H groups in total. The van der Waals surface area contributed by atoms with E-state index in [-0.39, 0.29) is 0 Å². The number of hydrogen-bond donors (Lipinski definition) is 0. The Balaban J connectivity index is 1.29. The van der Waals surface area contributed by atoms with Gasteiger partial charge in [0.2, 0.25) is 33.3 Å². The zero-order chi connectivity index (χ0) is 39.4. The monoisotopic (exact) mass is 806 g/mol. The number of aromatic nitrogens is 2. The Morgan fingerprint density at radius 2 is 0.607 bits per heavy atom. The highest BCUT2D eigenvalue weighted by Crippen LogP contribution is 2.36. The molecule has 3 heterocycles. The summed E-state index contributed by atoms with van der Waals surface area (Å²) in [6, 6.07) is 45.0. The molecule has 0 fully saturated rings. The molecule has 1 aliphatic rings. The van der Waals surface area contributed by atoms with E-state index < -0.39 is 33.3 Å². The molecule has 0 saturated carbocycles. The minimum atomic E-state index is -2.42. The molecule has 0 atom stereocenters. The summed E-state index contributed by atoms with van der Waals surface area (Å²) in [6.45, 7) is 18.9. The summed E-state index contributed by atoms with van der Waals surface area (Å²) in [5.41, 5.74) is 6.96. The van der Waals surface area contributed by atoms with Crippen LogP contribution in [0.2, 0.25) is 52.4 Å². The molecule has 2 aromatic heterocycles. The third kappa shape index (κ3) is 5.93. The van der Waals surface area contributed by atoms with Crippen molar-refractivity contribution >= 4 is 97.6 Å². The third-order valence-electron chi connectivity index (χ3n) is 12.0. The Hall–Kier alpha value is -4.69. The van der Waals surface area contributed by atoms with Crippen molar-refractivity contribution in [1.29, 1.82) is 0 Å². The van der Waals surface area contributed by atoms with Crippen molar-refractivity contribution in [3.8, 4) is 22.9 Å². The Morgan fingerprint density at radius 3 is 0.839 bits per heavy atom. The van der Waals surface area contributed by atoms with Crippen molar-refractivity contribution in [2.45, 2.75) is 52.4 Å². The van der Waals surface area contributed by atoms with E-state index >= 15 is 0 Å². The van der Waals surface area contributed by atoms with Gasteiger partial charge in [-0.25, -0.2) is 0 Å². The molecule has 6 aromatic carbocycles. The Morgan fingerprint density at radius 1 is 0.357 bits per heavy atom. The maximum absolute atomic E-state index is 7.53. The number of ether oxygens (including phenoxy) is 2. The van der Waals surface area contributed by atoms with E-state index in [1.54, 1.807) is 14.2 Å². The lowest BCUT2D eigenvalue weighted by molar-refractivity contribution is 0.414. The zero-order valence-corrected chi connectivity index (χ0v) is 38.1. The van der Waals surface area contributed by atoms with Gasteiger partial charge in [0, 0.05) is 32.9 Å². The summed E-state index contributed by atoms with van der Waals surface area (Å²) in [5, 5.41) is 10.2. The fourth-order valence-electron chi connectivity index (χ4n) is 9.07. The van der Waals surface area contributed by atoms with Crippen molar-refractivity contribution in [1.82, 2.24) is 9.13 Å². The van der Waals surface area contributed by atoms with Crippen LogP contribution in [-0.2, 0) is 8.23 Å². The Kier molecular flexibility index (Phi) is 8.52. The fraction of sp³-hybridized carbons (Fsp3) is 0.217. The maximum atomic E-state index is 7.53. The minimum absolute atomic E-state index is 0.848. The summed E-state index contributed by atoms with van der Waals surface area (Å²) in [7, 11) is -6.25. The van der Waals surface area contributed by atoms with Crippen molar-refractivity contribution in [2.24, 2.45) is 0 Å². The minimum Gasteiger partial charge on any atom is -0.497 e. The molecule has 8 aromatic rings. The second kappa shape index (κ2) is 12.9. The van der Waals surface area contributed by atoms with Crippen LogP contribution in [-0.4, -0.2) is 56.6 Å². The molecular formula is C46H50N2O4Si4. The topological polar surface area (TPSA) is 46.8 Å². The van der Waals surface area contributed by atoms with Crippen LogP contribution in [0.1, 0.15) is 0 Å². The van der Waals surface area contributed by atoms with E-state index in [0.29, 0.717) is 0 Å². The SMILES string of the molecule is COc1ccc(-n2c3ccc4cc3c3cc(ccc32)[Si](C)(C)O[Si](C)(C)c2ccc3c(c2)c2cc(ccc2n3-c2ccc(OC)cc2)[Si](C)(C)O[Si]4(C)C)cc1. The molecule has 9 rings (SSSR count). The number of nitrogens with zero attached hydrogens (tertiary/aromatic N) is 2. The molecule has 0 aliphatic carbocycles. The molecule has 284 valence electrons. The standard InChI is InChI=1S/C46H50N2O4Si4/c1-49-33-15-11-31(12-16-33)47-43-23-19-35-27-39(43)40-28-36(20-24-44(40)47)54(5,6)52-56(9,10)38-22-26-46-42(30-38)41-29-37(55(7,8)51-53(35,3)4)21-25-45(41)48(46)32-13-17-34(50-2)18-14-32/h11-30H,1-10H3. The third-order valence-corrected chi connectivity index (χ3v) is 27.0. The highest BCUT2D eigenvalue weighted by molar-refractivity contribution is 6.98. The van der Waals surface area contributed by atoms with E-state index in [4.69, 9.17) is 17.7 Å². The van der Waals surface area contributed by atoms with Crippen molar-refractivity contribution in [2.75, 3.05) is 14.2 Å². The smallest absolute Gasteiger partial charge is 0.206 e. The number of fused-ring (bicyclic) bond motifs is 4. The van der Waals surface area contributed by atoms with Gasteiger partial charge in [-0.05, 0) is 146 Å². The second-order valence-electron chi connectivity index (χ2n) is 17.2. The maximum Gasteiger partial charge on any atom is 0.206 e. The molecule has 0 spiro atoms.